The van der Waals surface area contributed by atoms with Crippen LogP contribution < -0.4 is 4.89 Å². The molecule has 0 saturated carbocycles. The SMILES string of the molecule is CCCCCCC/C=C\C/C=C\C/C=C\CCCCCCCCCCCOCC(COP(=O)([O-])OCC[N+](C)(C)C)OC(=O)CC. The van der Waals surface area contributed by atoms with Gasteiger partial charge in [-0.25, -0.2) is 0 Å². The normalized spacial score (nSPS) is 14.5. The zero-order valence-corrected chi connectivity index (χ0v) is 31.2. The summed E-state index contributed by atoms with van der Waals surface area (Å²) < 4.78 is 33.5. The van der Waals surface area contributed by atoms with E-state index in [-0.39, 0.29) is 26.2 Å². The summed E-state index contributed by atoms with van der Waals surface area (Å²) >= 11 is 0. The van der Waals surface area contributed by atoms with Crippen LogP contribution in [0, 0.1) is 0 Å². The first-order chi connectivity index (χ1) is 22.1. The molecule has 0 aromatic heterocycles. The third-order valence-corrected chi connectivity index (χ3v) is 8.46. The van der Waals surface area contributed by atoms with Gasteiger partial charge in [0, 0.05) is 13.0 Å². The Balaban J connectivity index is 3.73. The van der Waals surface area contributed by atoms with Crippen molar-refractivity contribution in [3.63, 3.8) is 0 Å². The Bertz CT molecular complexity index is 838. The van der Waals surface area contributed by atoms with Gasteiger partial charge in [0.15, 0.2) is 0 Å². The highest BCUT2D eigenvalue weighted by Crippen LogP contribution is 2.38. The van der Waals surface area contributed by atoms with Gasteiger partial charge < -0.3 is 27.9 Å². The van der Waals surface area contributed by atoms with E-state index in [1.165, 1.54) is 89.9 Å². The summed E-state index contributed by atoms with van der Waals surface area (Å²) in [6, 6.07) is 0. The van der Waals surface area contributed by atoms with Crippen LogP contribution in [-0.2, 0) is 27.9 Å². The lowest BCUT2D eigenvalue weighted by atomic mass is 10.1. The minimum atomic E-state index is -4.48. The average molecular weight is 672 g/mol. The molecule has 46 heavy (non-hydrogen) atoms. The number of phosphoric ester groups is 1. The first-order valence-electron chi connectivity index (χ1n) is 18.2. The Morgan fingerprint density at radius 3 is 1.70 bits per heavy atom. The number of carbonyl (C=O) groups is 1. The molecule has 0 saturated heterocycles. The quantitative estimate of drug-likeness (QED) is 0.0226. The number of rotatable bonds is 33. The zero-order chi connectivity index (χ0) is 34.2. The molecule has 0 aromatic rings. The van der Waals surface area contributed by atoms with Gasteiger partial charge in [-0.2, -0.15) is 0 Å². The van der Waals surface area contributed by atoms with Crippen LogP contribution in [0.5, 0.6) is 0 Å². The van der Waals surface area contributed by atoms with Crippen molar-refractivity contribution in [2.24, 2.45) is 0 Å². The molecule has 270 valence electrons. The highest BCUT2D eigenvalue weighted by molar-refractivity contribution is 7.45. The van der Waals surface area contributed by atoms with Gasteiger partial charge in [0.2, 0.25) is 0 Å². The Labute approximate surface area is 283 Å². The van der Waals surface area contributed by atoms with Gasteiger partial charge in [0.05, 0.1) is 34.4 Å². The fraction of sp³-hybridized carbons (Fsp3) is 0.811. The largest absolute Gasteiger partial charge is 0.756 e. The predicted molar refractivity (Wildman–Crippen MR) is 190 cm³/mol. The van der Waals surface area contributed by atoms with Crippen LogP contribution in [0.2, 0.25) is 0 Å². The van der Waals surface area contributed by atoms with E-state index in [1.807, 2.05) is 21.1 Å². The minimum Gasteiger partial charge on any atom is -0.756 e. The molecule has 0 radical (unpaired) electrons. The van der Waals surface area contributed by atoms with E-state index in [9.17, 15) is 14.3 Å². The summed E-state index contributed by atoms with van der Waals surface area (Å²) in [6.07, 6.45) is 35.3. The number of ether oxygens (including phenoxy) is 2. The molecule has 0 heterocycles. The fourth-order valence-corrected chi connectivity index (χ4v) is 5.31. The highest BCUT2D eigenvalue weighted by atomic mass is 31.2. The summed E-state index contributed by atoms with van der Waals surface area (Å²) in [5.74, 6) is -0.425. The van der Waals surface area contributed by atoms with E-state index in [4.69, 9.17) is 18.5 Å². The van der Waals surface area contributed by atoms with Crippen molar-refractivity contribution in [3.05, 3.63) is 36.5 Å². The molecule has 9 heteroatoms. The third kappa shape index (κ3) is 34.1. The van der Waals surface area contributed by atoms with Crippen LogP contribution in [0.1, 0.15) is 136 Å². The number of hydrogen-bond acceptors (Lipinski definition) is 7. The Morgan fingerprint density at radius 1 is 0.674 bits per heavy atom. The van der Waals surface area contributed by atoms with E-state index in [0.717, 1.165) is 25.7 Å². The van der Waals surface area contributed by atoms with Crippen molar-refractivity contribution in [3.8, 4) is 0 Å². The molecule has 0 aliphatic heterocycles. The Kier molecular flexibility index (Phi) is 30.2. The molecule has 0 rings (SSSR count). The van der Waals surface area contributed by atoms with Crippen LogP contribution >= 0.6 is 7.82 Å². The lowest BCUT2D eigenvalue weighted by Gasteiger charge is -2.28. The second kappa shape index (κ2) is 31.0. The van der Waals surface area contributed by atoms with Crippen LogP contribution in [0.25, 0.3) is 0 Å². The minimum absolute atomic E-state index is 0.0219. The molecule has 0 spiro atoms. The average Bonchev–Trinajstić information content (AvgIpc) is 3.00. The smallest absolute Gasteiger partial charge is 0.305 e. The second-order valence-corrected chi connectivity index (χ2v) is 14.6. The summed E-state index contributed by atoms with van der Waals surface area (Å²) in [7, 11) is 1.34. The fourth-order valence-electron chi connectivity index (χ4n) is 4.59. The number of quaternary nitrogens is 1. The van der Waals surface area contributed by atoms with Crippen molar-refractivity contribution >= 4 is 13.8 Å². The molecule has 0 fully saturated rings. The number of hydrogen-bond donors (Lipinski definition) is 0. The molecule has 0 aromatic carbocycles. The Morgan fingerprint density at radius 2 is 1.17 bits per heavy atom. The Hall–Kier alpha value is -1.28. The van der Waals surface area contributed by atoms with Gasteiger partial charge in [0.1, 0.15) is 19.3 Å². The molecule has 2 atom stereocenters. The van der Waals surface area contributed by atoms with Gasteiger partial charge in [-0.1, -0.05) is 121 Å². The van der Waals surface area contributed by atoms with Crippen molar-refractivity contribution < 1.29 is 37.3 Å². The van der Waals surface area contributed by atoms with Crippen molar-refractivity contribution in [1.29, 1.82) is 0 Å². The van der Waals surface area contributed by atoms with Crippen molar-refractivity contribution in [2.75, 3.05) is 54.1 Å². The van der Waals surface area contributed by atoms with Crippen LogP contribution in [0.4, 0.5) is 0 Å². The number of carbonyl (C=O) groups excluding carboxylic acids is 1. The summed E-state index contributed by atoms with van der Waals surface area (Å²) in [5, 5.41) is 0. The monoisotopic (exact) mass is 671 g/mol. The van der Waals surface area contributed by atoms with Gasteiger partial charge in [-0.3, -0.25) is 9.36 Å². The number of esters is 1. The maximum atomic E-state index is 12.1. The number of phosphoric acid groups is 1. The lowest BCUT2D eigenvalue weighted by Crippen LogP contribution is -2.37. The molecule has 8 nitrogen and oxygen atoms in total. The van der Waals surface area contributed by atoms with Crippen LogP contribution in [-0.4, -0.2) is 70.7 Å². The van der Waals surface area contributed by atoms with E-state index in [0.29, 0.717) is 17.6 Å². The first kappa shape index (κ1) is 44.7. The van der Waals surface area contributed by atoms with Crippen LogP contribution in [0.15, 0.2) is 36.5 Å². The van der Waals surface area contributed by atoms with E-state index in [1.54, 1.807) is 6.92 Å². The van der Waals surface area contributed by atoms with Crippen molar-refractivity contribution in [1.82, 2.24) is 0 Å². The third-order valence-electron chi connectivity index (χ3n) is 7.50. The molecule has 0 bridgehead atoms. The number of likely N-dealkylation sites (N-methyl/N-ethyl adjacent to an activating group) is 1. The standard InChI is InChI=1S/C37H70NO7P/c1-6-8-9-10-11-12-13-14-15-16-17-18-19-20-21-22-23-24-25-26-27-28-29-30-32-42-34-36(45-37(39)7-2)35-44-46(40,41)43-33-31-38(3,4)5/h13-14,16-17,19-20,36H,6-12,15,18,21-35H2,1-5H3/b14-13-,17-16-,20-19-. The summed E-state index contributed by atoms with van der Waals surface area (Å²) in [5.41, 5.74) is 0. The van der Waals surface area contributed by atoms with Crippen LogP contribution in [0.3, 0.4) is 0 Å². The van der Waals surface area contributed by atoms with E-state index < -0.39 is 19.9 Å². The highest BCUT2D eigenvalue weighted by Gasteiger charge is 2.19. The van der Waals surface area contributed by atoms with Gasteiger partial charge in [-0.15, -0.1) is 0 Å². The molecular formula is C37H70NO7P. The molecule has 0 aliphatic carbocycles. The number of unbranched alkanes of at least 4 members (excludes halogenated alkanes) is 14. The second-order valence-electron chi connectivity index (χ2n) is 13.2. The van der Waals surface area contributed by atoms with E-state index in [2.05, 4.69) is 43.4 Å². The number of allylic oxidation sites excluding steroid dienone is 6. The maximum Gasteiger partial charge on any atom is 0.305 e. The molecule has 2 unspecified atom stereocenters. The predicted octanol–water partition coefficient (Wildman–Crippen LogP) is 9.24. The summed E-state index contributed by atoms with van der Waals surface area (Å²) in [4.78, 5) is 23.8. The van der Waals surface area contributed by atoms with Gasteiger partial charge >= 0.3 is 5.97 Å². The number of nitrogens with zero attached hydrogens (tertiary/aromatic N) is 1. The van der Waals surface area contributed by atoms with Crippen molar-refractivity contribution in [2.45, 2.75) is 142 Å². The molecule has 0 aliphatic rings. The lowest BCUT2D eigenvalue weighted by molar-refractivity contribution is -0.870. The maximum absolute atomic E-state index is 12.1. The zero-order valence-electron chi connectivity index (χ0n) is 30.3. The topological polar surface area (TPSA) is 94.1 Å². The first-order valence-corrected chi connectivity index (χ1v) is 19.7. The van der Waals surface area contributed by atoms with Gasteiger partial charge in [0.25, 0.3) is 7.82 Å². The molecule has 0 N–H and O–H groups in total. The molecule has 0 amide bonds. The summed E-state index contributed by atoms with van der Waals surface area (Å²) in [6.45, 7) is 4.79. The molecular weight excluding hydrogens is 601 g/mol. The van der Waals surface area contributed by atoms with Gasteiger partial charge in [-0.05, 0) is 44.9 Å². The van der Waals surface area contributed by atoms with E-state index >= 15 is 0 Å².